The molecule has 0 saturated carbocycles. The molecule has 1 aromatic heterocycles. The second-order valence-corrected chi connectivity index (χ2v) is 6.83. The van der Waals surface area contributed by atoms with Crippen LogP contribution in [0.4, 0.5) is 0 Å². The van der Waals surface area contributed by atoms with E-state index in [0.29, 0.717) is 18.1 Å². The number of hydrogen-bond acceptors (Lipinski definition) is 3. The van der Waals surface area contributed by atoms with Crippen LogP contribution in [0.1, 0.15) is 37.6 Å². The minimum Gasteiger partial charge on any atom is -0.307 e. The van der Waals surface area contributed by atoms with Gasteiger partial charge in [-0.2, -0.15) is 0 Å². The number of thiophene rings is 1. The molecule has 2 nitrogen and oxygen atoms in total. The Kier molecular flexibility index (Phi) is 4.47. The molecule has 0 bridgehead atoms. The minimum atomic E-state index is 0.410. The lowest BCUT2D eigenvalue weighted by atomic mass is 9.98. The van der Waals surface area contributed by atoms with E-state index >= 15 is 0 Å². The number of halogens is 1. The average molecular weight is 273 g/mol. The summed E-state index contributed by atoms with van der Waals surface area (Å²) in [5, 5.41) is 3.72. The van der Waals surface area contributed by atoms with Crippen molar-refractivity contribution < 1.29 is 0 Å². The molecule has 4 heteroatoms. The van der Waals surface area contributed by atoms with Crippen LogP contribution in [0.3, 0.4) is 0 Å². The highest BCUT2D eigenvalue weighted by atomic mass is 35.5. The number of nitrogens with one attached hydrogen (secondary N) is 1. The van der Waals surface area contributed by atoms with E-state index in [4.69, 9.17) is 11.6 Å². The molecule has 17 heavy (non-hydrogen) atoms. The molecule has 0 radical (unpaired) electrons. The first kappa shape index (κ1) is 13.3. The van der Waals surface area contributed by atoms with Crippen LogP contribution in [-0.2, 0) is 0 Å². The topological polar surface area (TPSA) is 15.3 Å². The van der Waals surface area contributed by atoms with Crippen molar-refractivity contribution in [2.24, 2.45) is 0 Å². The predicted octanol–water partition coefficient (Wildman–Crippen LogP) is 3.53. The maximum absolute atomic E-state index is 5.97. The Balaban J connectivity index is 1.89. The number of likely N-dealkylation sites (tertiary alicyclic amines) is 1. The maximum atomic E-state index is 5.97. The van der Waals surface area contributed by atoms with E-state index in [1.807, 2.05) is 6.07 Å². The van der Waals surface area contributed by atoms with Gasteiger partial charge < -0.3 is 10.2 Å². The molecular formula is C13H21ClN2S. The Hall–Kier alpha value is -0.0900. The molecule has 3 unspecified atom stereocenters. The average Bonchev–Trinajstić information content (AvgIpc) is 2.70. The number of hydrogen-bond donors (Lipinski definition) is 1. The first-order chi connectivity index (χ1) is 8.06. The van der Waals surface area contributed by atoms with Crippen LogP contribution in [0.2, 0.25) is 4.34 Å². The summed E-state index contributed by atoms with van der Waals surface area (Å²) >= 11 is 7.65. The van der Waals surface area contributed by atoms with Gasteiger partial charge in [-0.3, -0.25) is 0 Å². The first-order valence-electron chi connectivity index (χ1n) is 6.28. The van der Waals surface area contributed by atoms with Crippen LogP contribution in [0.25, 0.3) is 0 Å². The summed E-state index contributed by atoms with van der Waals surface area (Å²) in [4.78, 5) is 3.77. The lowest BCUT2D eigenvalue weighted by Gasteiger charge is -2.36. The van der Waals surface area contributed by atoms with Gasteiger partial charge in [0.25, 0.3) is 0 Å². The first-order valence-corrected chi connectivity index (χ1v) is 7.47. The lowest BCUT2D eigenvalue weighted by molar-refractivity contribution is 0.164. The fourth-order valence-corrected chi connectivity index (χ4v) is 3.51. The molecule has 1 fully saturated rings. The molecule has 2 heterocycles. The minimum absolute atomic E-state index is 0.410. The van der Waals surface area contributed by atoms with Crippen LogP contribution in [0, 0.1) is 0 Å². The van der Waals surface area contributed by atoms with E-state index in [9.17, 15) is 0 Å². The quantitative estimate of drug-likeness (QED) is 0.906. The Bertz CT molecular complexity index is 366. The normalized spacial score (nSPS) is 28.2. The largest absolute Gasteiger partial charge is 0.307 e. The van der Waals surface area contributed by atoms with E-state index in [2.05, 4.69) is 37.2 Å². The van der Waals surface area contributed by atoms with Gasteiger partial charge in [0.15, 0.2) is 0 Å². The zero-order chi connectivity index (χ0) is 12.4. The van der Waals surface area contributed by atoms with Crippen LogP contribution < -0.4 is 5.32 Å². The summed E-state index contributed by atoms with van der Waals surface area (Å²) < 4.78 is 0.880. The molecule has 1 aliphatic rings. The highest BCUT2D eigenvalue weighted by molar-refractivity contribution is 7.16. The fraction of sp³-hybridized carbons (Fsp3) is 0.692. The molecular weight excluding hydrogens is 252 g/mol. The monoisotopic (exact) mass is 272 g/mol. The number of rotatable bonds is 3. The molecule has 0 aromatic carbocycles. The summed E-state index contributed by atoms with van der Waals surface area (Å²) in [6.07, 6.45) is 2.48. The third-order valence-electron chi connectivity index (χ3n) is 3.71. The molecule has 2 rings (SSSR count). The van der Waals surface area contributed by atoms with E-state index in [1.165, 1.54) is 24.3 Å². The van der Waals surface area contributed by atoms with Gasteiger partial charge in [0, 0.05) is 23.0 Å². The van der Waals surface area contributed by atoms with E-state index in [0.717, 1.165) is 4.34 Å². The van der Waals surface area contributed by atoms with Crippen LogP contribution in [-0.4, -0.2) is 30.6 Å². The second kappa shape index (κ2) is 5.70. The molecule has 1 aliphatic heterocycles. The SMILES string of the molecule is CC(NC1CCN(C)C(C)C1)c1ccc(Cl)s1. The highest BCUT2D eigenvalue weighted by Gasteiger charge is 2.24. The van der Waals surface area contributed by atoms with Crippen molar-refractivity contribution in [3.8, 4) is 0 Å². The summed E-state index contributed by atoms with van der Waals surface area (Å²) in [5.74, 6) is 0. The molecule has 1 saturated heterocycles. The van der Waals surface area contributed by atoms with Gasteiger partial charge in [-0.15, -0.1) is 11.3 Å². The third kappa shape index (κ3) is 3.44. The lowest BCUT2D eigenvalue weighted by Crippen LogP contribution is -2.46. The number of nitrogens with zero attached hydrogens (tertiary/aromatic N) is 1. The summed E-state index contributed by atoms with van der Waals surface area (Å²) in [5.41, 5.74) is 0. The van der Waals surface area contributed by atoms with Crippen molar-refractivity contribution in [3.63, 3.8) is 0 Å². The highest BCUT2D eigenvalue weighted by Crippen LogP contribution is 2.28. The van der Waals surface area contributed by atoms with Crippen molar-refractivity contribution in [3.05, 3.63) is 21.3 Å². The van der Waals surface area contributed by atoms with Gasteiger partial charge >= 0.3 is 0 Å². The van der Waals surface area contributed by atoms with Crippen molar-refractivity contribution in [1.29, 1.82) is 0 Å². The predicted molar refractivity (Wildman–Crippen MR) is 76.0 cm³/mol. The zero-order valence-corrected chi connectivity index (χ0v) is 12.3. The summed E-state index contributed by atoms with van der Waals surface area (Å²) in [7, 11) is 2.21. The van der Waals surface area contributed by atoms with Gasteiger partial charge in [-0.25, -0.2) is 0 Å². The molecule has 0 amide bonds. The summed E-state index contributed by atoms with van der Waals surface area (Å²) in [6.45, 7) is 5.72. The van der Waals surface area contributed by atoms with Gasteiger partial charge in [0.1, 0.15) is 0 Å². The van der Waals surface area contributed by atoms with E-state index < -0.39 is 0 Å². The molecule has 96 valence electrons. The number of piperidine rings is 1. The van der Waals surface area contributed by atoms with Crippen LogP contribution in [0.15, 0.2) is 12.1 Å². The standard InChI is InChI=1S/C13H21ClN2S/c1-9-8-11(6-7-16(9)3)15-10(2)12-4-5-13(14)17-12/h4-5,9-11,15H,6-8H2,1-3H3. The second-order valence-electron chi connectivity index (χ2n) is 5.08. The van der Waals surface area contributed by atoms with Gasteiger partial charge in [-0.05, 0) is 52.4 Å². The van der Waals surface area contributed by atoms with Gasteiger partial charge in [0.05, 0.1) is 4.34 Å². The Labute approximate surface area is 113 Å². The van der Waals surface area contributed by atoms with E-state index in [-0.39, 0.29) is 0 Å². The van der Waals surface area contributed by atoms with E-state index in [1.54, 1.807) is 11.3 Å². The molecule has 1 N–H and O–H groups in total. The summed E-state index contributed by atoms with van der Waals surface area (Å²) in [6, 6.07) is 5.84. The molecule has 3 atom stereocenters. The molecule has 0 aliphatic carbocycles. The Morgan fingerprint density at radius 2 is 2.29 bits per heavy atom. The molecule has 1 aromatic rings. The smallest absolute Gasteiger partial charge is 0.0931 e. The Morgan fingerprint density at radius 3 is 2.88 bits per heavy atom. The molecule has 0 spiro atoms. The van der Waals surface area contributed by atoms with Crippen molar-refractivity contribution in [2.75, 3.05) is 13.6 Å². The van der Waals surface area contributed by atoms with Crippen LogP contribution >= 0.6 is 22.9 Å². The third-order valence-corrected chi connectivity index (χ3v) is 5.13. The Morgan fingerprint density at radius 1 is 1.53 bits per heavy atom. The zero-order valence-electron chi connectivity index (χ0n) is 10.7. The van der Waals surface area contributed by atoms with Gasteiger partial charge in [-0.1, -0.05) is 11.6 Å². The van der Waals surface area contributed by atoms with Crippen molar-refractivity contribution in [2.45, 2.75) is 44.8 Å². The maximum Gasteiger partial charge on any atom is 0.0931 e. The van der Waals surface area contributed by atoms with Gasteiger partial charge in [0.2, 0.25) is 0 Å². The van der Waals surface area contributed by atoms with Crippen LogP contribution in [0.5, 0.6) is 0 Å². The van der Waals surface area contributed by atoms with Crippen molar-refractivity contribution in [1.82, 2.24) is 10.2 Å². The fourth-order valence-electron chi connectivity index (χ4n) is 2.44. The van der Waals surface area contributed by atoms with Crippen molar-refractivity contribution >= 4 is 22.9 Å².